The Bertz CT molecular complexity index is 352. The lowest BCUT2D eigenvalue weighted by Gasteiger charge is -2.37. The summed E-state index contributed by atoms with van der Waals surface area (Å²) in [5.41, 5.74) is 0.348. The Kier molecular flexibility index (Phi) is 6.69. The van der Waals surface area contributed by atoms with Crippen LogP contribution >= 0.6 is 0 Å². The Morgan fingerprint density at radius 1 is 1.14 bits per heavy atom. The molecule has 0 bridgehead atoms. The van der Waals surface area contributed by atoms with Gasteiger partial charge in [-0.3, -0.25) is 9.59 Å². The van der Waals surface area contributed by atoms with E-state index in [-0.39, 0.29) is 17.8 Å². The summed E-state index contributed by atoms with van der Waals surface area (Å²) in [6, 6.07) is 0. The van der Waals surface area contributed by atoms with Crippen LogP contribution in [0.2, 0.25) is 0 Å². The van der Waals surface area contributed by atoms with Gasteiger partial charge in [-0.25, -0.2) is 0 Å². The molecule has 0 saturated heterocycles. The molecule has 1 aliphatic carbocycles. The molecule has 1 saturated carbocycles. The highest BCUT2D eigenvalue weighted by Gasteiger charge is 2.33. The average Bonchev–Trinajstić information content (AvgIpc) is 2.45. The molecule has 0 unspecified atom stereocenters. The second-order valence-electron chi connectivity index (χ2n) is 7.35. The monoisotopic (exact) mass is 297 g/mol. The third-order valence-corrected chi connectivity index (χ3v) is 4.78. The minimum absolute atomic E-state index is 0.173. The number of hydrogen-bond acceptors (Lipinski definition) is 3. The first-order valence-electron chi connectivity index (χ1n) is 8.07. The molecule has 1 aliphatic rings. The van der Waals surface area contributed by atoms with Crippen LogP contribution in [0, 0.1) is 17.3 Å². The van der Waals surface area contributed by atoms with Crippen molar-refractivity contribution >= 4 is 11.9 Å². The predicted molar refractivity (Wildman–Crippen MR) is 83.8 cm³/mol. The zero-order chi connectivity index (χ0) is 16.0. The van der Waals surface area contributed by atoms with Crippen molar-refractivity contribution in [3.05, 3.63) is 0 Å². The number of nitrogens with zero attached hydrogens (tertiary/aromatic N) is 1. The summed E-state index contributed by atoms with van der Waals surface area (Å²) in [5.74, 6) is 0.937. The highest BCUT2D eigenvalue weighted by atomic mass is 16.5. The minimum atomic E-state index is -0.207. The molecular weight excluding hydrogens is 266 g/mol. The first-order chi connectivity index (χ1) is 9.75. The molecule has 1 fully saturated rings. The summed E-state index contributed by atoms with van der Waals surface area (Å²) in [4.78, 5) is 25.3. The number of methoxy groups -OCH3 is 1. The fourth-order valence-electron chi connectivity index (χ4n) is 3.19. The fraction of sp³-hybridized carbons (Fsp3) is 0.882. The van der Waals surface area contributed by atoms with E-state index in [0.717, 1.165) is 31.6 Å². The predicted octanol–water partition coefficient (Wildman–Crippen LogP) is 3.25. The van der Waals surface area contributed by atoms with E-state index in [9.17, 15) is 9.59 Å². The van der Waals surface area contributed by atoms with E-state index in [1.54, 1.807) is 4.90 Å². The Balaban J connectivity index is 2.34. The molecule has 4 nitrogen and oxygen atoms in total. The molecule has 0 heterocycles. The Hall–Kier alpha value is -1.06. The summed E-state index contributed by atoms with van der Waals surface area (Å²) in [6.45, 7) is 7.50. The van der Waals surface area contributed by atoms with Crippen molar-refractivity contribution in [3.63, 3.8) is 0 Å². The van der Waals surface area contributed by atoms with E-state index < -0.39 is 0 Å². The number of hydrogen-bond donors (Lipinski definition) is 0. The molecule has 0 radical (unpaired) electrons. The van der Waals surface area contributed by atoms with Gasteiger partial charge in [0.25, 0.3) is 0 Å². The molecule has 0 atom stereocenters. The van der Waals surface area contributed by atoms with E-state index in [1.165, 1.54) is 7.11 Å². The van der Waals surface area contributed by atoms with Crippen molar-refractivity contribution in [3.8, 4) is 0 Å². The van der Waals surface area contributed by atoms with Gasteiger partial charge >= 0.3 is 5.97 Å². The molecule has 122 valence electrons. The molecule has 0 aromatic heterocycles. The molecule has 0 aromatic carbocycles. The van der Waals surface area contributed by atoms with Crippen LogP contribution in [0.1, 0.15) is 59.3 Å². The van der Waals surface area contributed by atoms with E-state index in [4.69, 9.17) is 0 Å². The van der Waals surface area contributed by atoms with Crippen LogP contribution in [0.4, 0.5) is 0 Å². The van der Waals surface area contributed by atoms with E-state index in [1.807, 2.05) is 7.05 Å². The lowest BCUT2D eigenvalue weighted by molar-refractivity contribution is -0.141. The molecule has 0 aromatic rings. The zero-order valence-corrected chi connectivity index (χ0v) is 14.3. The quantitative estimate of drug-likeness (QED) is 0.732. The van der Waals surface area contributed by atoms with Crippen LogP contribution in [-0.4, -0.2) is 37.5 Å². The zero-order valence-electron chi connectivity index (χ0n) is 14.3. The first-order valence-corrected chi connectivity index (χ1v) is 8.07. The van der Waals surface area contributed by atoms with Crippen molar-refractivity contribution in [2.24, 2.45) is 17.3 Å². The highest BCUT2D eigenvalue weighted by molar-refractivity contribution is 5.78. The second kappa shape index (κ2) is 7.81. The fourth-order valence-corrected chi connectivity index (χ4v) is 3.19. The van der Waals surface area contributed by atoms with Crippen LogP contribution in [0.15, 0.2) is 0 Å². The van der Waals surface area contributed by atoms with Gasteiger partial charge in [0.05, 0.1) is 7.11 Å². The molecule has 4 heteroatoms. The lowest BCUT2D eigenvalue weighted by atomic mass is 9.69. The van der Waals surface area contributed by atoms with Crippen molar-refractivity contribution in [2.75, 3.05) is 20.7 Å². The van der Waals surface area contributed by atoms with Crippen LogP contribution in [0.25, 0.3) is 0 Å². The van der Waals surface area contributed by atoms with Gasteiger partial charge in [-0.2, -0.15) is 0 Å². The first kappa shape index (κ1) is 18.0. The van der Waals surface area contributed by atoms with Gasteiger partial charge in [0.2, 0.25) is 5.91 Å². The maximum Gasteiger partial charge on any atom is 0.305 e. The van der Waals surface area contributed by atoms with Gasteiger partial charge in [-0.1, -0.05) is 20.8 Å². The number of amides is 1. The SMILES string of the molecule is COC(=O)CCCN(C)C(=O)C1CCC(C(C)(C)C)CC1. The van der Waals surface area contributed by atoms with Gasteiger partial charge in [0.1, 0.15) is 0 Å². The van der Waals surface area contributed by atoms with E-state index in [0.29, 0.717) is 24.8 Å². The van der Waals surface area contributed by atoms with Crippen LogP contribution in [-0.2, 0) is 14.3 Å². The summed E-state index contributed by atoms with van der Waals surface area (Å²) in [7, 11) is 3.24. The molecule has 21 heavy (non-hydrogen) atoms. The van der Waals surface area contributed by atoms with Crippen molar-refractivity contribution in [2.45, 2.75) is 59.3 Å². The lowest BCUT2D eigenvalue weighted by Crippen LogP contribution is -2.37. The van der Waals surface area contributed by atoms with Gasteiger partial charge in [0.15, 0.2) is 0 Å². The van der Waals surface area contributed by atoms with Crippen LogP contribution in [0.3, 0.4) is 0 Å². The summed E-state index contributed by atoms with van der Waals surface area (Å²) in [6.07, 6.45) is 5.35. The smallest absolute Gasteiger partial charge is 0.305 e. The van der Waals surface area contributed by atoms with Gasteiger partial charge < -0.3 is 9.64 Å². The van der Waals surface area contributed by atoms with Gasteiger partial charge in [-0.05, 0) is 43.4 Å². The standard InChI is InChI=1S/C17H31NO3/c1-17(2,3)14-10-8-13(9-11-14)16(20)18(4)12-6-7-15(19)21-5/h13-14H,6-12H2,1-5H3. The number of ether oxygens (including phenoxy) is 1. The Labute approximate surface area is 129 Å². The van der Waals surface area contributed by atoms with Gasteiger partial charge in [-0.15, -0.1) is 0 Å². The third-order valence-electron chi connectivity index (χ3n) is 4.78. The number of carbonyl (C=O) groups excluding carboxylic acids is 2. The largest absolute Gasteiger partial charge is 0.469 e. The topological polar surface area (TPSA) is 46.6 Å². The maximum atomic E-state index is 12.4. The molecule has 0 aliphatic heterocycles. The number of esters is 1. The molecule has 0 spiro atoms. The molecule has 1 rings (SSSR count). The maximum absolute atomic E-state index is 12.4. The number of rotatable bonds is 5. The van der Waals surface area contributed by atoms with Crippen molar-refractivity contribution in [1.29, 1.82) is 0 Å². The molecular formula is C17H31NO3. The number of carbonyl (C=O) groups is 2. The summed E-state index contributed by atoms with van der Waals surface area (Å²) in [5, 5.41) is 0. The molecule has 0 N–H and O–H groups in total. The van der Waals surface area contributed by atoms with Crippen LogP contribution in [0.5, 0.6) is 0 Å². The van der Waals surface area contributed by atoms with E-state index in [2.05, 4.69) is 25.5 Å². The van der Waals surface area contributed by atoms with Gasteiger partial charge in [0, 0.05) is 25.9 Å². The Morgan fingerprint density at radius 2 is 1.71 bits per heavy atom. The second-order valence-corrected chi connectivity index (χ2v) is 7.35. The van der Waals surface area contributed by atoms with E-state index >= 15 is 0 Å². The average molecular weight is 297 g/mol. The highest BCUT2D eigenvalue weighted by Crippen LogP contribution is 2.40. The van der Waals surface area contributed by atoms with Crippen LogP contribution < -0.4 is 0 Å². The summed E-state index contributed by atoms with van der Waals surface area (Å²) < 4.78 is 4.61. The van der Waals surface area contributed by atoms with Crippen molar-refractivity contribution < 1.29 is 14.3 Å². The minimum Gasteiger partial charge on any atom is -0.469 e. The normalized spacial score (nSPS) is 22.7. The molecule has 1 amide bonds. The summed E-state index contributed by atoms with van der Waals surface area (Å²) >= 11 is 0. The Morgan fingerprint density at radius 3 is 2.19 bits per heavy atom. The third kappa shape index (κ3) is 5.68. The van der Waals surface area contributed by atoms with Crippen molar-refractivity contribution in [1.82, 2.24) is 4.90 Å².